The first-order chi connectivity index (χ1) is 17.2. The molecule has 0 aromatic heterocycles. The maximum atomic E-state index is 13.5. The molecule has 1 atom stereocenters. The Morgan fingerprint density at radius 2 is 1.38 bits per heavy atom. The SMILES string of the molecule is C=NCc1cccc(-c2cc(-c3cc(C(F)(F)F)cc(C(F)(F)F)c3)cc(C(CC(C)C)C(=O)O)c2)c1. The molecule has 0 radical (unpaired) electrons. The average molecular weight is 522 g/mol. The summed E-state index contributed by atoms with van der Waals surface area (Å²) in [6.45, 7) is 7.41. The van der Waals surface area contributed by atoms with Crippen LogP contribution in [0.4, 0.5) is 26.3 Å². The molecule has 0 heterocycles. The van der Waals surface area contributed by atoms with Crippen molar-refractivity contribution >= 4 is 12.7 Å². The highest BCUT2D eigenvalue weighted by Gasteiger charge is 2.37. The second-order valence-corrected chi connectivity index (χ2v) is 9.24. The van der Waals surface area contributed by atoms with Gasteiger partial charge in [0.05, 0.1) is 23.6 Å². The van der Waals surface area contributed by atoms with Crippen LogP contribution in [0.1, 0.15) is 48.4 Å². The summed E-state index contributed by atoms with van der Waals surface area (Å²) < 4.78 is 81.1. The van der Waals surface area contributed by atoms with E-state index < -0.39 is 35.4 Å². The lowest BCUT2D eigenvalue weighted by molar-refractivity contribution is -0.143. The van der Waals surface area contributed by atoms with Crippen molar-refractivity contribution in [3.05, 3.63) is 82.9 Å². The monoisotopic (exact) mass is 521 g/mol. The first kappa shape index (κ1) is 28.0. The van der Waals surface area contributed by atoms with E-state index in [0.29, 0.717) is 29.8 Å². The van der Waals surface area contributed by atoms with Crippen molar-refractivity contribution in [1.82, 2.24) is 0 Å². The molecule has 1 unspecified atom stereocenters. The molecule has 3 aromatic carbocycles. The van der Waals surface area contributed by atoms with Gasteiger partial charge in [0.1, 0.15) is 0 Å². The van der Waals surface area contributed by atoms with Crippen molar-refractivity contribution in [3.8, 4) is 22.3 Å². The fourth-order valence-corrected chi connectivity index (χ4v) is 4.14. The Balaban J connectivity index is 2.32. The van der Waals surface area contributed by atoms with Gasteiger partial charge in [-0.2, -0.15) is 26.3 Å². The number of carboxylic acid groups (broad SMARTS) is 1. The van der Waals surface area contributed by atoms with E-state index in [1.54, 1.807) is 30.3 Å². The van der Waals surface area contributed by atoms with E-state index in [4.69, 9.17) is 0 Å². The van der Waals surface area contributed by atoms with Gasteiger partial charge in [-0.25, -0.2) is 0 Å². The first-order valence-corrected chi connectivity index (χ1v) is 11.4. The largest absolute Gasteiger partial charge is 0.481 e. The van der Waals surface area contributed by atoms with Gasteiger partial charge in [-0.05, 0) is 82.8 Å². The molecular weight excluding hydrogens is 496 g/mol. The molecule has 3 aromatic rings. The van der Waals surface area contributed by atoms with E-state index in [2.05, 4.69) is 11.7 Å². The van der Waals surface area contributed by atoms with Crippen molar-refractivity contribution in [1.29, 1.82) is 0 Å². The number of aliphatic imine (C=N–C) groups is 1. The molecule has 37 heavy (non-hydrogen) atoms. The number of hydrogen-bond donors (Lipinski definition) is 1. The average Bonchev–Trinajstić information content (AvgIpc) is 2.81. The molecule has 3 rings (SSSR count). The van der Waals surface area contributed by atoms with Gasteiger partial charge in [0, 0.05) is 0 Å². The van der Waals surface area contributed by atoms with E-state index in [-0.39, 0.29) is 35.1 Å². The van der Waals surface area contributed by atoms with Crippen molar-refractivity contribution in [3.63, 3.8) is 0 Å². The lowest BCUT2D eigenvalue weighted by Gasteiger charge is -2.19. The highest BCUT2D eigenvalue weighted by atomic mass is 19.4. The quantitative estimate of drug-likeness (QED) is 0.239. The molecule has 9 heteroatoms. The second-order valence-electron chi connectivity index (χ2n) is 9.24. The van der Waals surface area contributed by atoms with Gasteiger partial charge >= 0.3 is 18.3 Å². The molecule has 0 saturated heterocycles. The van der Waals surface area contributed by atoms with E-state index in [0.717, 1.165) is 5.56 Å². The van der Waals surface area contributed by atoms with Crippen molar-refractivity contribution < 1.29 is 36.2 Å². The number of hydrogen-bond acceptors (Lipinski definition) is 2. The zero-order valence-electron chi connectivity index (χ0n) is 20.1. The smallest absolute Gasteiger partial charge is 0.416 e. The molecule has 0 fully saturated rings. The maximum absolute atomic E-state index is 13.5. The number of carboxylic acids is 1. The fraction of sp³-hybridized carbons (Fsp3) is 0.286. The van der Waals surface area contributed by atoms with Gasteiger partial charge in [-0.3, -0.25) is 9.79 Å². The number of carbonyl (C=O) groups is 1. The Bertz CT molecular complexity index is 1260. The lowest BCUT2D eigenvalue weighted by atomic mass is 9.86. The number of halogens is 6. The Labute approximate surface area is 210 Å². The van der Waals surface area contributed by atoms with Crippen LogP contribution in [0, 0.1) is 5.92 Å². The maximum Gasteiger partial charge on any atom is 0.416 e. The molecule has 0 saturated carbocycles. The Morgan fingerprint density at radius 3 is 1.86 bits per heavy atom. The minimum Gasteiger partial charge on any atom is -0.481 e. The molecule has 0 amide bonds. The zero-order valence-corrected chi connectivity index (χ0v) is 20.1. The fourth-order valence-electron chi connectivity index (χ4n) is 4.14. The van der Waals surface area contributed by atoms with Crippen LogP contribution < -0.4 is 0 Å². The highest BCUT2D eigenvalue weighted by Crippen LogP contribution is 2.40. The van der Waals surface area contributed by atoms with Gasteiger partial charge in [0.2, 0.25) is 0 Å². The molecule has 196 valence electrons. The zero-order chi connectivity index (χ0) is 27.5. The molecular formula is C28H25F6NO2. The molecule has 0 spiro atoms. The standard InChI is InChI=1S/C28H25F6NO2/c1-16(2)7-25(26(36)37)22-10-19(18-6-4-5-17(8-18)15-35-3)9-20(11-22)21-12-23(27(29,30)31)14-24(13-21)28(32,33)34/h4-6,8-14,16,25H,3,7,15H2,1-2H3,(H,36,37). The number of rotatable bonds is 8. The minimum atomic E-state index is -5.01. The van der Waals surface area contributed by atoms with Gasteiger partial charge in [0.25, 0.3) is 0 Å². The number of aliphatic carboxylic acids is 1. The van der Waals surface area contributed by atoms with Gasteiger partial charge in [0.15, 0.2) is 0 Å². The third kappa shape index (κ3) is 6.99. The summed E-state index contributed by atoms with van der Waals surface area (Å²) in [5.74, 6) is -2.17. The topological polar surface area (TPSA) is 49.7 Å². The molecule has 3 nitrogen and oxygen atoms in total. The van der Waals surface area contributed by atoms with Gasteiger partial charge in [-0.15, -0.1) is 0 Å². The van der Waals surface area contributed by atoms with E-state index in [1.807, 2.05) is 13.8 Å². The predicted molar refractivity (Wildman–Crippen MR) is 130 cm³/mol. The number of nitrogens with zero attached hydrogens (tertiary/aromatic N) is 1. The van der Waals surface area contributed by atoms with Crippen LogP contribution in [0.25, 0.3) is 22.3 Å². The van der Waals surface area contributed by atoms with Crippen LogP contribution in [0.5, 0.6) is 0 Å². The van der Waals surface area contributed by atoms with E-state index in [1.165, 1.54) is 12.1 Å². The highest BCUT2D eigenvalue weighted by molar-refractivity contribution is 5.81. The summed E-state index contributed by atoms with van der Waals surface area (Å²) in [4.78, 5) is 16.0. The van der Waals surface area contributed by atoms with Crippen molar-refractivity contribution in [2.75, 3.05) is 0 Å². The second kappa shape index (κ2) is 10.8. The van der Waals surface area contributed by atoms with Crippen LogP contribution in [-0.4, -0.2) is 17.8 Å². The van der Waals surface area contributed by atoms with Crippen LogP contribution in [0.3, 0.4) is 0 Å². The van der Waals surface area contributed by atoms with Crippen molar-refractivity contribution in [2.45, 2.75) is 45.1 Å². The van der Waals surface area contributed by atoms with E-state index in [9.17, 15) is 36.2 Å². The van der Waals surface area contributed by atoms with Crippen LogP contribution in [0.15, 0.2) is 65.7 Å². The summed E-state index contributed by atoms with van der Waals surface area (Å²) in [7, 11) is 0. The molecule has 0 aliphatic rings. The number of alkyl halides is 6. The summed E-state index contributed by atoms with van der Waals surface area (Å²) in [5.41, 5.74) is -1.02. The molecule has 0 aliphatic carbocycles. The third-order valence-corrected chi connectivity index (χ3v) is 5.84. The van der Waals surface area contributed by atoms with E-state index >= 15 is 0 Å². The first-order valence-electron chi connectivity index (χ1n) is 11.4. The minimum absolute atomic E-state index is 0.0272. The summed E-state index contributed by atoms with van der Waals surface area (Å²) in [5, 5.41) is 9.90. The van der Waals surface area contributed by atoms with Crippen molar-refractivity contribution in [2.24, 2.45) is 10.9 Å². The normalized spacial score (nSPS) is 13.0. The Morgan fingerprint density at radius 1 is 0.838 bits per heavy atom. The Kier molecular flexibility index (Phi) is 8.15. The van der Waals surface area contributed by atoms with Crippen LogP contribution in [-0.2, 0) is 23.7 Å². The lowest BCUT2D eigenvalue weighted by Crippen LogP contribution is -2.14. The predicted octanol–water partition coefficient (Wildman–Crippen LogP) is 8.47. The third-order valence-electron chi connectivity index (χ3n) is 5.84. The van der Waals surface area contributed by atoms with Crippen LogP contribution >= 0.6 is 0 Å². The Hall–Kier alpha value is -3.62. The number of benzene rings is 3. The summed E-state index contributed by atoms with van der Waals surface area (Å²) in [6.07, 6.45) is -9.79. The van der Waals surface area contributed by atoms with Crippen LogP contribution in [0.2, 0.25) is 0 Å². The summed E-state index contributed by atoms with van der Waals surface area (Å²) in [6, 6.07) is 12.8. The molecule has 0 aliphatic heterocycles. The summed E-state index contributed by atoms with van der Waals surface area (Å²) >= 11 is 0. The van der Waals surface area contributed by atoms with Gasteiger partial charge in [-0.1, -0.05) is 44.2 Å². The molecule has 1 N–H and O–H groups in total. The molecule has 0 bridgehead atoms. The van der Waals surface area contributed by atoms with Gasteiger partial charge < -0.3 is 5.11 Å².